The highest BCUT2D eigenvalue weighted by molar-refractivity contribution is 5.79. The van der Waals surface area contributed by atoms with Gasteiger partial charge >= 0.3 is 17.9 Å². The first-order valence-electron chi connectivity index (χ1n) is 4.22. The average Bonchev–Trinajstić information content (AvgIpc) is 2.24. The van der Waals surface area contributed by atoms with Gasteiger partial charge in [0.1, 0.15) is 6.61 Å². The van der Waals surface area contributed by atoms with Gasteiger partial charge in [-0.15, -0.1) is 0 Å². The number of carbonyl (C=O) groups excluding carboxylic acids is 3. The molecule has 0 saturated carbocycles. The first-order valence-corrected chi connectivity index (χ1v) is 4.22. The van der Waals surface area contributed by atoms with Crippen LogP contribution < -0.4 is 0 Å². The predicted octanol–water partition coefficient (Wildman–Crippen LogP) is -0.678. The lowest BCUT2D eigenvalue weighted by molar-refractivity contribution is -0.266. The van der Waals surface area contributed by atoms with Crippen molar-refractivity contribution in [1.82, 2.24) is 0 Å². The Hall–Kier alpha value is -1.63. The zero-order valence-corrected chi connectivity index (χ0v) is 8.39. The van der Waals surface area contributed by atoms with Crippen molar-refractivity contribution in [2.45, 2.75) is 26.4 Å². The van der Waals surface area contributed by atoms with E-state index >= 15 is 0 Å². The monoisotopic (exact) mass is 220 g/mol. The highest BCUT2D eigenvalue weighted by Gasteiger charge is 2.21. The Kier molecular flexibility index (Phi) is 6.03. The molecule has 0 aliphatic carbocycles. The van der Waals surface area contributed by atoms with Gasteiger partial charge in [-0.25, -0.2) is 19.4 Å². The maximum atomic E-state index is 11.0. The van der Waals surface area contributed by atoms with Crippen molar-refractivity contribution in [3.8, 4) is 0 Å². The summed E-state index contributed by atoms with van der Waals surface area (Å²) in [6.45, 7) is 1.92. The van der Waals surface area contributed by atoms with Crippen LogP contribution in [0.4, 0.5) is 0 Å². The maximum Gasteiger partial charge on any atom is 0.395 e. The normalized spacial score (nSPS) is 11.4. The van der Waals surface area contributed by atoms with Crippen molar-refractivity contribution < 1.29 is 34.0 Å². The van der Waals surface area contributed by atoms with Gasteiger partial charge in [0, 0.05) is 6.42 Å². The van der Waals surface area contributed by atoms with Gasteiger partial charge in [-0.2, -0.15) is 0 Å². The molecule has 0 bridgehead atoms. The molecule has 15 heavy (non-hydrogen) atoms. The average molecular weight is 220 g/mol. The number of aliphatic hydroxyl groups excluding tert-OH is 1. The smallest absolute Gasteiger partial charge is 0.395 e. The Morgan fingerprint density at radius 2 is 1.80 bits per heavy atom. The Labute approximate surface area is 85.8 Å². The predicted molar refractivity (Wildman–Crippen MR) is 45.1 cm³/mol. The van der Waals surface area contributed by atoms with Crippen molar-refractivity contribution in [3.63, 3.8) is 0 Å². The second kappa shape index (κ2) is 6.77. The van der Waals surface area contributed by atoms with E-state index in [2.05, 4.69) is 14.5 Å². The van der Waals surface area contributed by atoms with Crippen LogP contribution in [0.5, 0.6) is 0 Å². The summed E-state index contributed by atoms with van der Waals surface area (Å²) in [5.74, 6) is -2.72. The molecule has 1 N–H and O–H groups in total. The highest BCUT2D eigenvalue weighted by atomic mass is 17.2. The number of rotatable bonds is 4. The van der Waals surface area contributed by atoms with Crippen LogP contribution in [0.15, 0.2) is 0 Å². The molecule has 86 valence electrons. The summed E-state index contributed by atoms with van der Waals surface area (Å²) in [6.07, 6.45) is -1.04. The molecule has 1 atom stereocenters. The van der Waals surface area contributed by atoms with Gasteiger partial charge in [0.25, 0.3) is 0 Å². The quantitative estimate of drug-likeness (QED) is 0.380. The number of hydrogen-bond donors (Lipinski definition) is 1. The number of carbonyl (C=O) groups is 3. The van der Waals surface area contributed by atoms with Crippen LogP contribution in [0.25, 0.3) is 0 Å². The minimum absolute atomic E-state index is 0.119. The molecule has 0 heterocycles. The lowest BCUT2D eigenvalue weighted by Gasteiger charge is -2.09. The Morgan fingerprint density at radius 3 is 2.27 bits per heavy atom. The summed E-state index contributed by atoms with van der Waals surface area (Å²) in [4.78, 5) is 39.9. The third-order valence-electron chi connectivity index (χ3n) is 1.27. The summed E-state index contributed by atoms with van der Waals surface area (Å²) in [6, 6.07) is 0. The van der Waals surface area contributed by atoms with Gasteiger partial charge < -0.3 is 9.84 Å². The van der Waals surface area contributed by atoms with Crippen molar-refractivity contribution in [2.24, 2.45) is 0 Å². The number of esters is 1. The third kappa shape index (κ3) is 5.63. The van der Waals surface area contributed by atoms with Gasteiger partial charge in [0.15, 0.2) is 0 Å². The summed E-state index contributed by atoms with van der Waals surface area (Å²) in [7, 11) is 0. The third-order valence-corrected chi connectivity index (χ3v) is 1.27. The van der Waals surface area contributed by atoms with Crippen LogP contribution in [0.3, 0.4) is 0 Å². The maximum absolute atomic E-state index is 11.0. The minimum atomic E-state index is -1.16. The van der Waals surface area contributed by atoms with E-state index in [0.717, 1.165) is 0 Å². The van der Waals surface area contributed by atoms with Gasteiger partial charge in [-0.3, -0.25) is 4.79 Å². The number of hydrogen-bond acceptors (Lipinski definition) is 7. The van der Waals surface area contributed by atoms with Crippen LogP contribution in [0.1, 0.15) is 20.3 Å². The first kappa shape index (κ1) is 13.4. The van der Waals surface area contributed by atoms with Crippen molar-refractivity contribution in [3.05, 3.63) is 0 Å². The van der Waals surface area contributed by atoms with Crippen molar-refractivity contribution in [1.29, 1.82) is 0 Å². The van der Waals surface area contributed by atoms with Crippen LogP contribution in [0.2, 0.25) is 0 Å². The molecule has 0 radical (unpaired) electrons. The minimum Gasteiger partial charge on any atom is -0.450 e. The molecule has 7 nitrogen and oxygen atoms in total. The number of aliphatic hydroxyl groups is 1. The topological polar surface area (TPSA) is 99.1 Å². The van der Waals surface area contributed by atoms with Gasteiger partial charge in [0.05, 0.1) is 0 Å². The van der Waals surface area contributed by atoms with E-state index < -0.39 is 30.6 Å². The lowest BCUT2D eigenvalue weighted by Crippen LogP contribution is -2.27. The van der Waals surface area contributed by atoms with Crippen LogP contribution in [0, 0.1) is 0 Å². The zero-order chi connectivity index (χ0) is 11.8. The summed E-state index contributed by atoms with van der Waals surface area (Å²) >= 11 is 0. The molecular formula is C8H12O7. The van der Waals surface area contributed by atoms with Gasteiger partial charge in [-0.05, 0) is 6.92 Å². The second-order valence-electron chi connectivity index (χ2n) is 2.50. The Morgan fingerprint density at radius 1 is 1.20 bits per heavy atom. The van der Waals surface area contributed by atoms with E-state index in [1.54, 1.807) is 6.92 Å². The molecule has 0 aromatic rings. The van der Waals surface area contributed by atoms with Crippen molar-refractivity contribution in [2.75, 3.05) is 6.61 Å². The van der Waals surface area contributed by atoms with Crippen LogP contribution in [-0.4, -0.2) is 35.7 Å². The fraction of sp³-hybridized carbons (Fsp3) is 0.625. The van der Waals surface area contributed by atoms with E-state index in [1.165, 1.54) is 6.92 Å². The summed E-state index contributed by atoms with van der Waals surface area (Å²) < 4.78 is 4.56. The molecule has 0 fully saturated rings. The van der Waals surface area contributed by atoms with Crippen LogP contribution in [-0.2, 0) is 28.9 Å². The molecule has 1 unspecified atom stereocenters. The molecule has 0 aromatic heterocycles. The van der Waals surface area contributed by atoms with E-state index in [1.807, 2.05) is 0 Å². The van der Waals surface area contributed by atoms with E-state index in [9.17, 15) is 14.4 Å². The van der Waals surface area contributed by atoms with Gasteiger partial charge in [-0.1, -0.05) is 6.92 Å². The largest absolute Gasteiger partial charge is 0.450 e. The molecule has 0 spiro atoms. The number of ether oxygens (including phenoxy) is 1. The molecule has 0 amide bonds. The zero-order valence-electron chi connectivity index (χ0n) is 8.39. The first-order chi connectivity index (χ1) is 7.01. The van der Waals surface area contributed by atoms with E-state index in [0.29, 0.717) is 0 Å². The molecule has 0 aromatic carbocycles. The lowest BCUT2D eigenvalue weighted by atomic mass is 10.4. The van der Waals surface area contributed by atoms with Crippen LogP contribution >= 0.6 is 0 Å². The SMILES string of the molecule is CCC(=O)OC(C)C(=O)OOC(=O)CO. The standard InChI is InChI=1S/C8H12O7/c1-3-6(10)13-5(2)8(12)15-14-7(11)4-9/h5,9H,3-4H2,1-2H3. The van der Waals surface area contributed by atoms with Crippen molar-refractivity contribution >= 4 is 17.9 Å². The second-order valence-corrected chi connectivity index (χ2v) is 2.50. The highest BCUT2D eigenvalue weighted by Crippen LogP contribution is 1.98. The van der Waals surface area contributed by atoms with E-state index in [4.69, 9.17) is 5.11 Å². The summed E-state index contributed by atoms with van der Waals surface area (Å²) in [5.41, 5.74) is 0. The molecule has 0 aliphatic heterocycles. The molecule has 0 aliphatic rings. The molecule has 0 saturated heterocycles. The Bertz CT molecular complexity index is 247. The fourth-order valence-electron chi connectivity index (χ4n) is 0.510. The van der Waals surface area contributed by atoms with E-state index in [-0.39, 0.29) is 6.42 Å². The van der Waals surface area contributed by atoms with Gasteiger partial charge in [0.2, 0.25) is 6.10 Å². The fourth-order valence-corrected chi connectivity index (χ4v) is 0.510. The molecule has 0 rings (SSSR count). The Balaban J connectivity index is 3.89. The molecule has 7 heteroatoms. The summed E-state index contributed by atoms with van der Waals surface area (Å²) in [5, 5.41) is 8.22. The molecular weight excluding hydrogens is 208 g/mol.